The highest BCUT2D eigenvalue weighted by Gasteiger charge is 2.41. The van der Waals surface area contributed by atoms with Crippen molar-refractivity contribution in [2.24, 2.45) is 0 Å². The van der Waals surface area contributed by atoms with Gasteiger partial charge in [-0.1, -0.05) is 12.1 Å². The van der Waals surface area contributed by atoms with Crippen LogP contribution in [0.4, 0.5) is 0 Å². The Morgan fingerprint density at radius 2 is 2.00 bits per heavy atom. The molecule has 26 heavy (non-hydrogen) atoms. The highest BCUT2D eigenvalue weighted by molar-refractivity contribution is 5.82. The predicted molar refractivity (Wildman–Crippen MR) is 96.6 cm³/mol. The molecule has 1 aromatic carbocycles. The van der Waals surface area contributed by atoms with E-state index in [1.54, 1.807) is 18.0 Å². The number of hydrogen-bond acceptors (Lipinski definition) is 4. The third kappa shape index (κ3) is 2.98. The quantitative estimate of drug-likeness (QED) is 0.894. The zero-order chi connectivity index (χ0) is 18.3. The van der Waals surface area contributed by atoms with Gasteiger partial charge in [-0.15, -0.1) is 0 Å². The maximum absolute atomic E-state index is 12.8. The van der Waals surface area contributed by atoms with Gasteiger partial charge in [0.1, 0.15) is 5.69 Å². The molecule has 1 N–H and O–H groups in total. The van der Waals surface area contributed by atoms with Crippen LogP contribution in [0.15, 0.2) is 29.1 Å². The Morgan fingerprint density at radius 1 is 1.23 bits per heavy atom. The molecule has 0 aliphatic carbocycles. The summed E-state index contributed by atoms with van der Waals surface area (Å²) in [6.45, 7) is 0.593. The van der Waals surface area contributed by atoms with Gasteiger partial charge in [0, 0.05) is 44.9 Å². The molecule has 0 radical (unpaired) electrons. The van der Waals surface area contributed by atoms with Gasteiger partial charge in [-0.25, -0.2) is 4.98 Å². The first kappa shape index (κ1) is 16.8. The van der Waals surface area contributed by atoms with Gasteiger partial charge in [0.2, 0.25) is 11.8 Å². The topological polar surface area (TPSA) is 86.4 Å². The molecule has 2 bridgehead atoms. The van der Waals surface area contributed by atoms with Gasteiger partial charge in [0.15, 0.2) is 0 Å². The van der Waals surface area contributed by atoms with Crippen molar-refractivity contribution in [2.75, 3.05) is 13.6 Å². The number of nitrogens with zero attached hydrogens (tertiary/aromatic N) is 3. The van der Waals surface area contributed by atoms with Gasteiger partial charge >= 0.3 is 0 Å². The van der Waals surface area contributed by atoms with E-state index in [1.807, 2.05) is 23.1 Å². The molecule has 1 aromatic heterocycles. The summed E-state index contributed by atoms with van der Waals surface area (Å²) >= 11 is 0. The number of rotatable bonds is 3. The van der Waals surface area contributed by atoms with Crippen LogP contribution in [0.5, 0.6) is 0 Å². The number of fused-ring (bicyclic) bond motifs is 3. The molecule has 0 spiro atoms. The van der Waals surface area contributed by atoms with Gasteiger partial charge in [-0.2, -0.15) is 0 Å². The number of hydrogen-bond donors (Lipinski definition) is 1. The van der Waals surface area contributed by atoms with Gasteiger partial charge in [-0.3, -0.25) is 14.4 Å². The maximum Gasteiger partial charge on any atom is 0.270 e. The lowest BCUT2D eigenvalue weighted by atomic mass is 10.1. The van der Waals surface area contributed by atoms with E-state index in [4.69, 9.17) is 0 Å². The van der Waals surface area contributed by atoms with E-state index in [0.29, 0.717) is 30.6 Å². The van der Waals surface area contributed by atoms with Crippen LogP contribution in [0.2, 0.25) is 0 Å². The van der Waals surface area contributed by atoms with E-state index in [1.165, 1.54) is 0 Å². The maximum atomic E-state index is 12.8. The molecule has 0 saturated carbocycles. The van der Waals surface area contributed by atoms with E-state index in [0.717, 1.165) is 18.4 Å². The summed E-state index contributed by atoms with van der Waals surface area (Å²) in [5, 5.41) is 0. The van der Waals surface area contributed by atoms with Crippen LogP contribution in [0.3, 0.4) is 0 Å². The van der Waals surface area contributed by atoms with Gasteiger partial charge < -0.3 is 14.8 Å². The summed E-state index contributed by atoms with van der Waals surface area (Å²) in [5.74, 6) is 0.109. The summed E-state index contributed by atoms with van der Waals surface area (Å²) in [7, 11) is 1.80. The van der Waals surface area contributed by atoms with Crippen molar-refractivity contribution in [3.05, 3.63) is 40.3 Å². The number of likely N-dealkylation sites (tertiary alicyclic amines) is 1. The number of aromatic amines is 1. The normalized spacial score (nSPS) is 22.7. The fourth-order valence-electron chi connectivity index (χ4n) is 4.11. The van der Waals surface area contributed by atoms with Crippen molar-refractivity contribution in [1.29, 1.82) is 0 Å². The molecule has 2 aliphatic heterocycles. The Bertz CT molecular complexity index is 922. The third-order valence-electron chi connectivity index (χ3n) is 5.47. The summed E-state index contributed by atoms with van der Waals surface area (Å²) in [6.07, 6.45) is 2.75. The summed E-state index contributed by atoms with van der Waals surface area (Å²) < 4.78 is 0. The first-order valence-corrected chi connectivity index (χ1v) is 9.06. The molecule has 7 nitrogen and oxygen atoms in total. The first-order valence-electron chi connectivity index (χ1n) is 9.06. The van der Waals surface area contributed by atoms with Crippen LogP contribution in [0.25, 0.3) is 11.0 Å². The Labute approximate surface area is 151 Å². The third-order valence-corrected chi connectivity index (χ3v) is 5.47. The van der Waals surface area contributed by atoms with Crippen LogP contribution in [0.1, 0.15) is 31.4 Å². The SMILES string of the molecule is CN1C[C@@H]2CC[C@H](CC1=O)N2C(=O)CCc1nc2ccccc2[nH]c1=O. The summed E-state index contributed by atoms with van der Waals surface area (Å²) in [5.41, 5.74) is 1.55. The molecule has 3 heterocycles. The van der Waals surface area contributed by atoms with E-state index >= 15 is 0 Å². The Balaban J connectivity index is 1.50. The number of aryl methyl sites for hydroxylation is 1. The molecule has 7 heteroatoms. The molecular weight excluding hydrogens is 332 g/mol. The van der Waals surface area contributed by atoms with Gasteiger partial charge in [0.05, 0.1) is 11.0 Å². The zero-order valence-corrected chi connectivity index (χ0v) is 14.8. The van der Waals surface area contributed by atoms with Crippen LogP contribution < -0.4 is 5.56 Å². The number of para-hydroxylation sites is 2. The predicted octanol–water partition coefficient (Wildman–Crippen LogP) is 1.08. The molecule has 2 atom stereocenters. The zero-order valence-electron chi connectivity index (χ0n) is 14.8. The highest BCUT2D eigenvalue weighted by atomic mass is 16.2. The number of H-pyrrole nitrogens is 1. The van der Waals surface area contributed by atoms with Crippen LogP contribution in [-0.4, -0.2) is 57.3 Å². The Hall–Kier alpha value is -2.70. The first-order chi connectivity index (χ1) is 12.5. The molecule has 4 rings (SSSR count). The van der Waals surface area contributed by atoms with Crippen LogP contribution in [-0.2, 0) is 16.0 Å². The van der Waals surface area contributed by atoms with Crippen molar-refractivity contribution in [2.45, 2.75) is 44.2 Å². The molecule has 0 unspecified atom stereocenters. The van der Waals surface area contributed by atoms with Crippen molar-refractivity contribution in [3.8, 4) is 0 Å². The minimum Gasteiger partial charge on any atom is -0.344 e. The Kier molecular flexibility index (Phi) is 4.22. The number of carbonyl (C=O) groups is 2. The van der Waals surface area contributed by atoms with Crippen molar-refractivity contribution in [3.63, 3.8) is 0 Å². The monoisotopic (exact) mass is 354 g/mol. The van der Waals surface area contributed by atoms with Crippen molar-refractivity contribution in [1.82, 2.24) is 19.8 Å². The number of nitrogens with one attached hydrogen (secondary N) is 1. The number of carbonyl (C=O) groups excluding carboxylic acids is 2. The summed E-state index contributed by atoms with van der Waals surface area (Å²) in [4.78, 5) is 47.9. The number of aromatic nitrogens is 2. The van der Waals surface area contributed by atoms with Crippen molar-refractivity contribution < 1.29 is 9.59 Å². The smallest absolute Gasteiger partial charge is 0.270 e. The van der Waals surface area contributed by atoms with Gasteiger partial charge in [0.25, 0.3) is 5.56 Å². The average molecular weight is 354 g/mol. The lowest BCUT2D eigenvalue weighted by Crippen LogP contribution is -2.43. The van der Waals surface area contributed by atoms with E-state index in [9.17, 15) is 14.4 Å². The minimum atomic E-state index is -0.245. The second-order valence-electron chi connectivity index (χ2n) is 7.19. The second-order valence-corrected chi connectivity index (χ2v) is 7.19. The van der Waals surface area contributed by atoms with Crippen molar-refractivity contribution >= 4 is 22.8 Å². The highest BCUT2D eigenvalue weighted by Crippen LogP contribution is 2.31. The molecule has 136 valence electrons. The van der Waals surface area contributed by atoms with E-state index in [-0.39, 0.29) is 35.9 Å². The van der Waals surface area contributed by atoms with Crippen LogP contribution in [0, 0.1) is 0 Å². The largest absolute Gasteiger partial charge is 0.344 e. The molecule has 2 amide bonds. The standard InChI is InChI=1S/C19H22N4O3/c1-22-11-13-7-6-12(10-18(22)25)23(13)17(24)9-8-16-19(26)21-15-5-3-2-4-14(15)20-16/h2-5,12-13H,6-11H2,1H3,(H,21,26)/t12-,13+/m1/s1. The fraction of sp³-hybridized carbons (Fsp3) is 0.474. The van der Waals surface area contributed by atoms with Crippen LogP contribution >= 0.6 is 0 Å². The lowest BCUT2D eigenvalue weighted by Gasteiger charge is -2.28. The fourth-order valence-corrected chi connectivity index (χ4v) is 4.11. The Morgan fingerprint density at radius 3 is 2.85 bits per heavy atom. The van der Waals surface area contributed by atoms with E-state index < -0.39 is 0 Å². The van der Waals surface area contributed by atoms with Gasteiger partial charge in [-0.05, 0) is 25.0 Å². The minimum absolute atomic E-state index is 0.00667. The molecule has 2 fully saturated rings. The molecular formula is C19H22N4O3. The average Bonchev–Trinajstić information content (AvgIpc) is 2.96. The second kappa shape index (κ2) is 6.55. The lowest BCUT2D eigenvalue weighted by molar-refractivity contribution is -0.133. The van der Waals surface area contributed by atoms with E-state index in [2.05, 4.69) is 9.97 Å². The number of likely N-dealkylation sites (N-methyl/N-ethyl adjacent to an activating group) is 1. The summed E-state index contributed by atoms with van der Waals surface area (Å²) in [6, 6.07) is 7.44. The number of benzene rings is 1. The molecule has 2 aliphatic rings. The molecule has 2 saturated heterocycles. The molecule has 2 aromatic rings. The number of amides is 2.